The Balaban J connectivity index is 2.83. The average molecular weight is 282 g/mol. The second kappa shape index (κ2) is 6.69. The minimum absolute atomic E-state index is 0.112. The third kappa shape index (κ3) is 4.08. The third-order valence-electron chi connectivity index (χ3n) is 2.76. The lowest BCUT2D eigenvalue weighted by molar-refractivity contribution is -0.141. The van der Waals surface area contributed by atoms with Crippen molar-refractivity contribution >= 4 is 17.8 Å². The maximum absolute atomic E-state index is 12.3. The summed E-state index contributed by atoms with van der Waals surface area (Å²) in [5.41, 5.74) is 0.309. The summed E-state index contributed by atoms with van der Waals surface area (Å²) in [6.45, 7) is 3.08. The van der Waals surface area contributed by atoms with Crippen LogP contribution in [0.2, 0.25) is 0 Å². The van der Waals surface area contributed by atoms with Crippen LogP contribution in [0.1, 0.15) is 24.2 Å². The summed E-state index contributed by atoms with van der Waals surface area (Å²) < 4.78 is 1.46. The van der Waals surface area contributed by atoms with Crippen LogP contribution in [0.25, 0.3) is 0 Å². The van der Waals surface area contributed by atoms with E-state index >= 15 is 0 Å². The van der Waals surface area contributed by atoms with Gasteiger partial charge in [0.1, 0.15) is 6.04 Å². The van der Waals surface area contributed by atoms with Crippen LogP contribution in [0.15, 0.2) is 12.4 Å². The molecule has 0 aliphatic heterocycles. The standard InChI is InChI=1S/C12H18N4O4/c1-8(12(19)20)16(5-4-13-9(2)17)11(18)10-6-14-15(3)7-10/h6-8H,4-5H2,1-3H3,(H,13,17)(H,19,20). The maximum Gasteiger partial charge on any atom is 0.326 e. The number of carboxylic acids is 1. The minimum atomic E-state index is -1.11. The molecule has 8 heteroatoms. The molecule has 0 aliphatic rings. The Morgan fingerprint density at radius 2 is 2.15 bits per heavy atom. The van der Waals surface area contributed by atoms with Crippen LogP contribution in [0.4, 0.5) is 0 Å². The monoisotopic (exact) mass is 282 g/mol. The van der Waals surface area contributed by atoms with Gasteiger partial charge in [-0.1, -0.05) is 0 Å². The van der Waals surface area contributed by atoms with Gasteiger partial charge in [0.25, 0.3) is 5.91 Å². The second-order valence-corrected chi connectivity index (χ2v) is 4.40. The molecule has 0 fully saturated rings. The van der Waals surface area contributed by atoms with Crippen molar-refractivity contribution < 1.29 is 19.5 Å². The zero-order chi connectivity index (χ0) is 15.3. The highest BCUT2D eigenvalue weighted by Crippen LogP contribution is 2.08. The molecule has 0 aliphatic carbocycles. The lowest BCUT2D eigenvalue weighted by Gasteiger charge is -2.26. The summed E-state index contributed by atoms with van der Waals surface area (Å²) in [6, 6.07) is -0.989. The molecule has 0 radical (unpaired) electrons. The van der Waals surface area contributed by atoms with E-state index in [2.05, 4.69) is 10.4 Å². The Morgan fingerprint density at radius 3 is 2.60 bits per heavy atom. The predicted molar refractivity (Wildman–Crippen MR) is 70.0 cm³/mol. The van der Waals surface area contributed by atoms with Crippen molar-refractivity contribution in [3.05, 3.63) is 18.0 Å². The smallest absolute Gasteiger partial charge is 0.326 e. The molecule has 110 valence electrons. The normalized spacial score (nSPS) is 11.8. The van der Waals surface area contributed by atoms with Gasteiger partial charge >= 0.3 is 5.97 Å². The summed E-state index contributed by atoms with van der Waals surface area (Å²) in [5.74, 6) is -1.77. The molecule has 0 aromatic carbocycles. The van der Waals surface area contributed by atoms with E-state index in [9.17, 15) is 14.4 Å². The third-order valence-corrected chi connectivity index (χ3v) is 2.76. The number of carboxylic acid groups (broad SMARTS) is 1. The van der Waals surface area contributed by atoms with Gasteiger partial charge in [-0.25, -0.2) is 4.79 Å². The first-order chi connectivity index (χ1) is 9.32. The molecule has 2 amide bonds. The number of hydrogen-bond acceptors (Lipinski definition) is 4. The van der Waals surface area contributed by atoms with Gasteiger partial charge in [-0.15, -0.1) is 0 Å². The molecule has 1 unspecified atom stereocenters. The first kappa shape index (κ1) is 15.7. The van der Waals surface area contributed by atoms with E-state index in [1.54, 1.807) is 7.05 Å². The largest absolute Gasteiger partial charge is 0.480 e. The Kier molecular flexibility index (Phi) is 5.24. The van der Waals surface area contributed by atoms with Crippen LogP contribution in [0.5, 0.6) is 0 Å². The van der Waals surface area contributed by atoms with Gasteiger partial charge in [-0.05, 0) is 6.92 Å². The predicted octanol–water partition coefficient (Wildman–Crippen LogP) is -0.528. The molecule has 0 bridgehead atoms. The van der Waals surface area contributed by atoms with Gasteiger partial charge < -0.3 is 15.3 Å². The lowest BCUT2D eigenvalue weighted by Crippen LogP contribution is -2.46. The van der Waals surface area contributed by atoms with Crippen molar-refractivity contribution in [1.29, 1.82) is 0 Å². The molecule has 1 aromatic heterocycles. The average Bonchev–Trinajstić information content (AvgIpc) is 2.79. The van der Waals surface area contributed by atoms with E-state index in [0.29, 0.717) is 5.56 Å². The quantitative estimate of drug-likeness (QED) is 0.730. The number of nitrogens with zero attached hydrogens (tertiary/aromatic N) is 3. The number of carbonyl (C=O) groups is 3. The van der Waals surface area contributed by atoms with Gasteiger partial charge in [0.2, 0.25) is 5.91 Å². The first-order valence-corrected chi connectivity index (χ1v) is 6.09. The Morgan fingerprint density at radius 1 is 1.50 bits per heavy atom. The SMILES string of the molecule is CC(=O)NCCN(C(=O)c1cnn(C)c1)C(C)C(=O)O. The second-order valence-electron chi connectivity index (χ2n) is 4.40. The van der Waals surface area contributed by atoms with Gasteiger partial charge in [-0.2, -0.15) is 5.10 Å². The topological polar surface area (TPSA) is 105 Å². The van der Waals surface area contributed by atoms with E-state index in [4.69, 9.17) is 5.11 Å². The lowest BCUT2D eigenvalue weighted by atomic mass is 10.2. The molecular weight excluding hydrogens is 264 g/mol. The number of aliphatic carboxylic acids is 1. The minimum Gasteiger partial charge on any atom is -0.480 e. The highest BCUT2D eigenvalue weighted by atomic mass is 16.4. The van der Waals surface area contributed by atoms with Gasteiger partial charge in [0.05, 0.1) is 11.8 Å². The molecule has 1 atom stereocenters. The fraction of sp³-hybridized carbons (Fsp3) is 0.500. The summed E-state index contributed by atoms with van der Waals surface area (Å²) in [6.07, 6.45) is 2.89. The van der Waals surface area contributed by atoms with E-state index in [0.717, 1.165) is 0 Å². The molecule has 1 rings (SSSR count). The first-order valence-electron chi connectivity index (χ1n) is 6.09. The summed E-state index contributed by atoms with van der Waals surface area (Å²) in [5, 5.41) is 15.5. The van der Waals surface area contributed by atoms with E-state index < -0.39 is 17.9 Å². The van der Waals surface area contributed by atoms with Crippen LogP contribution in [0.3, 0.4) is 0 Å². The van der Waals surface area contributed by atoms with Crippen LogP contribution in [-0.4, -0.2) is 56.7 Å². The van der Waals surface area contributed by atoms with Crippen LogP contribution >= 0.6 is 0 Å². The van der Waals surface area contributed by atoms with Crippen LogP contribution in [-0.2, 0) is 16.6 Å². The number of amides is 2. The van der Waals surface area contributed by atoms with Gasteiger partial charge in [0.15, 0.2) is 0 Å². The molecule has 1 heterocycles. The number of hydrogen-bond donors (Lipinski definition) is 2. The number of nitrogens with one attached hydrogen (secondary N) is 1. The van der Waals surface area contributed by atoms with Crippen molar-refractivity contribution in [2.75, 3.05) is 13.1 Å². The summed E-state index contributed by atoms with van der Waals surface area (Å²) in [4.78, 5) is 35.4. The van der Waals surface area contributed by atoms with E-state index in [1.165, 1.54) is 35.8 Å². The van der Waals surface area contributed by atoms with E-state index in [1.807, 2.05) is 0 Å². The van der Waals surface area contributed by atoms with Crippen molar-refractivity contribution in [3.8, 4) is 0 Å². The molecule has 0 saturated heterocycles. The molecule has 2 N–H and O–H groups in total. The highest BCUT2D eigenvalue weighted by Gasteiger charge is 2.26. The van der Waals surface area contributed by atoms with Crippen molar-refractivity contribution in [2.45, 2.75) is 19.9 Å². The van der Waals surface area contributed by atoms with Gasteiger partial charge in [-0.3, -0.25) is 14.3 Å². The molecule has 0 spiro atoms. The Bertz CT molecular complexity index is 511. The molecule has 8 nitrogen and oxygen atoms in total. The molecular formula is C12H18N4O4. The fourth-order valence-electron chi connectivity index (χ4n) is 1.65. The Hall–Kier alpha value is -2.38. The zero-order valence-corrected chi connectivity index (χ0v) is 11.7. The maximum atomic E-state index is 12.3. The van der Waals surface area contributed by atoms with Crippen molar-refractivity contribution in [2.24, 2.45) is 7.05 Å². The van der Waals surface area contributed by atoms with Crippen molar-refractivity contribution in [1.82, 2.24) is 20.0 Å². The van der Waals surface area contributed by atoms with Crippen LogP contribution < -0.4 is 5.32 Å². The molecule has 20 heavy (non-hydrogen) atoms. The number of aromatic nitrogens is 2. The summed E-state index contributed by atoms with van der Waals surface area (Å²) in [7, 11) is 1.67. The van der Waals surface area contributed by atoms with E-state index in [-0.39, 0.29) is 19.0 Å². The molecule has 0 saturated carbocycles. The number of aryl methyl sites for hydroxylation is 1. The highest BCUT2D eigenvalue weighted by molar-refractivity contribution is 5.96. The number of carbonyl (C=O) groups excluding carboxylic acids is 2. The molecule has 1 aromatic rings. The fourth-order valence-corrected chi connectivity index (χ4v) is 1.65. The zero-order valence-electron chi connectivity index (χ0n) is 11.7. The number of rotatable bonds is 6. The Labute approximate surface area is 116 Å². The van der Waals surface area contributed by atoms with Crippen molar-refractivity contribution in [3.63, 3.8) is 0 Å². The van der Waals surface area contributed by atoms with Crippen LogP contribution in [0, 0.1) is 0 Å². The van der Waals surface area contributed by atoms with Gasteiger partial charge in [0, 0.05) is 33.3 Å². The summed E-state index contributed by atoms with van der Waals surface area (Å²) >= 11 is 0.